The van der Waals surface area contributed by atoms with E-state index in [0.29, 0.717) is 12.8 Å². The van der Waals surface area contributed by atoms with Crippen molar-refractivity contribution in [1.82, 2.24) is 4.98 Å². The van der Waals surface area contributed by atoms with E-state index in [0.717, 1.165) is 16.7 Å². The molecule has 0 radical (unpaired) electrons. The summed E-state index contributed by atoms with van der Waals surface area (Å²) in [5.41, 5.74) is 8.29. The molecule has 0 spiro atoms. The smallest absolute Gasteiger partial charge is 0.0958 e. The summed E-state index contributed by atoms with van der Waals surface area (Å²) in [5.74, 6) is 0. The molecule has 2 unspecified atom stereocenters. The summed E-state index contributed by atoms with van der Waals surface area (Å²) in [6, 6.07) is 11.7. The molecule has 3 rings (SSSR count). The first-order valence-corrected chi connectivity index (χ1v) is 6.15. The zero-order valence-corrected chi connectivity index (χ0v) is 10.1. The highest BCUT2D eigenvalue weighted by Gasteiger charge is 2.40. The van der Waals surface area contributed by atoms with Gasteiger partial charge in [0, 0.05) is 24.9 Å². The van der Waals surface area contributed by atoms with Gasteiger partial charge < -0.3 is 10.8 Å². The average molecular weight is 240 g/mol. The number of rotatable bonds is 2. The van der Waals surface area contributed by atoms with E-state index in [9.17, 15) is 5.11 Å². The lowest BCUT2D eigenvalue weighted by atomic mass is 9.89. The normalized spacial score (nSPS) is 26.0. The van der Waals surface area contributed by atoms with Crippen molar-refractivity contribution < 1.29 is 5.11 Å². The Labute approximate surface area is 106 Å². The van der Waals surface area contributed by atoms with Crippen LogP contribution in [0.15, 0.2) is 48.8 Å². The van der Waals surface area contributed by atoms with Crippen LogP contribution in [0.5, 0.6) is 0 Å². The van der Waals surface area contributed by atoms with Crippen molar-refractivity contribution >= 4 is 0 Å². The molecule has 0 fully saturated rings. The fourth-order valence-corrected chi connectivity index (χ4v) is 2.84. The maximum absolute atomic E-state index is 10.9. The summed E-state index contributed by atoms with van der Waals surface area (Å²) in [5, 5.41) is 10.9. The third-order valence-corrected chi connectivity index (χ3v) is 3.64. The minimum atomic E-state index is -0.862. The Balaban J connectivity index is 1.97. The largest absolute Gasteiger partial charge is 0.385 e. The summed E-state index contributed by atoms with van der Waals surface area (Å²) in [6.07, 6.45) is 4.67. The lowest BCUT2D eigenvalue weighted by molar-refractivity contribution is 0.0341. The van der Waals surface area contributed by atoms with Crippen LogP contribution in [0.4, 0.5) is 0 Å². The predicted molar refractivity (Wildman–Crippen MR) is 69.8 cm³/mol. The fraction of sp³-hybridized carbons (Fsp3) is 0.267. The second kappa shape index (κ2) is 4.19. The number of fused-ring (bicyclic) bond motifs is 1. The van der Waals surface area contributed by atoms with Gasteiger partial charge in [0.25, 0.3) is 0 Å². The Hall–Kier alpha value is -1.71. The highest BCUT2D eigenvalue weighted by atomic mass is 16.3. The summed E-state index contributed by atoms with van der Waals surface area (Å²) < 4.78 is 0. The van der Waals surface area contributed by atoms with Crippen molar-refractivity contribution in [1.29, 1.82) is 0 Å². The van der Waals surface area contributed by atoms with E-state index in [1.54, 1.807) is 12.4 Å². The molecule has 0 bridgehead atoms. The molecule has 1 aromatic heterocycles. The molecular weight excluding hydrogens is 224 g/mol. The highest BCUT2D eigenvalue weighted by Crippen LogP contribution is 2.43. The van der Waals surface area contributed by atoms with E-state index in [1.807, 2.05) is 36.4 Å². The number of pyridine rings is 1. The molecule has 1 aliphatic carbocycles. The number of aliphatic hydroxyl groups is 1. The Bertz CT molecular complexity index is 555. The van der Waals surface area contributed by atoms with Crippen molar-refractivity contribution in [2.75, 3.05) is 0 Å². The maximum Gasteiger partial charge on any atom is 0.0958 e. The lowest BCUT2D eigenvalue weighted by Crippen LogP contribution is -2.26. The summed E-state index contributed by atoms with van der Waals surface area (Å²) >= 11 is 0. The summed E-state index contributed by atoms with van der Waals surface area (Å²) in [7, 11) is 0. The van der Waals surface area contributed by atoms with Crippen molar-refractivity contribution in [3.8, 4) is 0 Å². The maximum atomic E-state index is 10.9. The zero-order chi connectivity index (χ0) is 12.6. The summed E-state index contributed by atoms with van der Waals surface area (Å²) in [4.78, 5) is 4.09. The van der Waals surface area contributed by atoms with Gasteiger partial charge in [0.05, 0.1) is 5.60 Å². The van der Waals surface area contributed by atoms with E-state index >= 15 is 0 Å². The minimum absolute atomic E-state index is 0.0807. The standard InChI is InChI=1S/C15H16N2O/c16-14-9-15(18,8-11-4-3-7-17-10-11)13-6-2-1-5-12(13)14/h1-7,10,14,18H,8-9,16H2. The topological polar surface area (TPSA) is 59.1 Å². The van der Waals surface area contributed by atoms with E-state index in [-0.39, 0.29) is 6.04 Å². The zero-order valence-electron chi connectivity index (χ0n) is 10.1. The molecule has 3 heteroatoms. The molecule has 0 saturated carbocycles. The first-order valence-electron chi connectivity index (χ1n) is 6.15. The van der Waals surface area contributed by atoms with Gasteiger partial charge in [0.15, 0.2) is 0 Å². The van der Waals surface area contributed by atoms with Crippen molar-refractivity contribution in [2.24, 2.45) is 5.73 Å². The Kier molecular flexibility index (Phi) is 2.65. The minimum Gasteiger partial charge on any atom is -0.385 e. The Morgan fingerprint density at radius 1 is 1.28 bits per heavy atom. The van der Waals surface area contributed by atoms with Crippen LogP contribution in [0, 0.1) is 0 Å². The second-order valence-electron chi connectivity index (χ2n) is 4.97. The molecule has 1 aromatic carbocycles. The van der Waals surface area contributed by atoms with Crippen LogP contribution in [0.2, 0.25) is 0 Å². The first kappa shape index (κ1) is 11.4. The molecular formula is C15H16N2O. The molecule has 2 aromatic rings. The van der Waals surface area contributed by atoms with Gasteiger partial charge in [-0.05, 0) is 29.2 Å². The number of benzene rings is 1. The number of hydrogen-bond donors (Lipinski definition) is 2. The van der Waals surface area contributed by atoms with Gasteiger partial charge in [-0.25, -0.2) is 0 Å². The molecule has 0 saturated heterocycles. The molecule has 18 heavy (non-hydrogen) atoms. The molecule has 1 aliphatic rings. The molecule has 1 heterocycles. The quantitative estimate of drug-likeness (QED) is 0.843. The first-order chi connectivity index (χ1) is 8.69. The van der Waals surface area contributed by atoms with Gasteiger partial charge in [0.2, 0.25) is 0 Å². The van der Waals surface area contributed by atoms with Gasteiger partial charge in [0.1, 0.15) is 0 Å². The van der Waals surface area contributed by atoms with Crippen molar-refractivity contribution in [3.05, 3.63) is 65.5 Å². The van der Waals surface area contributed by atoms with Gasteiger partial charge in [-0.2, -0.15) is 0 Å². The van der Waals surface area contributed by atoms with E-state index in [2.05, 4.69) is 4.98 Å². The van der Waals surface area contributed by atoms with Crippen molar-refractivity contribution in [3.63, 3.8) is 0 Å². The molecule has 2 atom stereocenters. The van der Waals surface area contributed by atoms with Gasteiger partial charge >= 0.3 is 0 Å². The van der Waals surface area contributed by atoms with Gasteiger partial charge in [-0.1, -0.05) is 30.3 Å². The monoisotopic (exact) mass is 240 g/mol. The molecule has 92 valence electrons. The van der Waals surface area contributed by atoms with Crippen LogP contribution in [0.1, 0.15) is 29.2 Å². The van der Waals surface area contributed by atoms with Crippen LogP contribution in [-0.2, 0) is 12.0 Å². The second-order valence-corrected chi connectivity index (χ2v) is 4.97. The van der Waals surface area contributed by atoms with Crippen LogP contribution < -0.4 is 5.73 Å². The van der Waals surface area contributed by atoms with E-state index in [1.165, 1.54) is 0 Å². The van der Waals surface area contributed by atoms with E-state index < -0.39 is 5.60 Å². The molecule has 3 N–H and O–H groups in total. The van der Waals surface area contributed by atoms with Crippen LogP contribution >= 0.6 is 0 Å². The number of nitrogens with two attached hydrogens (primary N) is 1. The number of aromatic nitrogens is 1. The third kappa shape index (κ3) is 1.82. The number of nitrogens with zero attached hydrogens (tertiary/aromatic N) is 1. The van der Waals surface area contributed by atoms with Crippen LogP contribution in [-0.4, -0.2) is 10.1 Å². The van der Waals surface area contributed by atoms with E-state index in [4.69, 9.17) is 5.73 Å². The number of hydrogen-bond acceptors (Lipinski definition) is 3. The Morgan fingerprint density at radius 2 is 2.11 bits per heavy atom. The SMILES string of the molecule is NC1CC(O)(Cc2cccnc2)c2ccccc21. The van der Waals surface area contributed by atoms with Gasteiger partial charge in [-0.3, -0.25) is 4.98 Å². The average Bonchev–Trinajstić information content (AvgIpc) is 2.63. The van der Waals surface area contributed by atoms with Gasteiger partial charge in [-0.15, -0.1) is 0 Å². The Morgan fingerprint density at radius 3 is 2.89 bits per heavy atom. The lowest BCUT2D eigenvalue weighted by Gasteiger charge is -2.24. The fourth-order valence-electron chi connectivity index (χ4n) is 2.84. The van der Waals surface area contributed by atoms with Crippen molar-refractivity contribution in [2.45, 2.75) is 24.5 Å². The van der Waals surface area contributed by atoms with Crippen LogP contribution in [0.25, 0.3) is 0 Å². The molecule has 0 amide bonds. The predicted octanol–water partition coefficient (Wildman–Crippen LogP) is 1.92. The molecule has 3 nitrogen and oxygen atoms in total. The highest BCUT2D eigenvalue weighted by molar-refractivity contribution is 5.41. The summed E-state index contributed by atoms with van der Waals surface area (Å²) in [6.45, 7) is 0. The third-order valence-electron chi connectivity index (χ3n) is 3.64. The van der Waals surface area contributed by atoms with Crippen LogP contribution in [0.3, 0.4) is 0 Å². The molecule has 0 aliphatic heterocycles.